The number of nitrogens with one attached hydrogen (secondary N) is 1. The lowest BCUT2D eigenvalue weighted by atomic mass is 10.0. The van der Waals surface area contributed by atoms with Gasteiger partial charge in [0, 0.05) is 19.4 Å². The lowest BCUT2D eigenvalue weighted by Crippen LogP contribution is -2.27. The minimum Gasteiger partial charge on any atom is -0.463 e. The van der Waals surface area contributed by atoms with E-state index in [9.17, 15) is 24.2 Å². The molecule has 2 unspecified atom stereocenters. The highest BCUT2D eigenvalue weighted by Gasteiger charge is 2.23. The highest BCUT2D eigenvalue weighted by molar-refractivity contribution is 7.47. The van der Waals surface area contributed by atoms with Gasteiger partial charge in [-0.2, -0.15) is 0 Å². The Hall–Kier alpha value is -0.990. The number of hydrogen-bond acceptors (Lipinski definition) is 7. The first-order valence-electron chi connectivity index (χ1n) is 16.5. The zero-order chi connectivity index (χ0) is 30.4. The predicted molar refractivity (Wildman–Crippen MR) is 165 cm³/mol. The van der Waals surface area contributed by atoms with Crippen LogP contribution in [0.4, 0.5) is 0 Å². The molecule has 0 radical (unpaired) electrons. The number of unbranched alkanes of at least 4 members (excludes halogenated alkanes) is 18. The van der Waals surface area contributed by atoms with E-state index < -0.39 is 26.5 Å². The van der Waals surface area contributed by atoms with Gasteiger partial charge in [-0.25, -0.2) is 4.57 Å². The van der Waals surface area contributed by atoms with Gasteiger partial charge in [0.15, 0.2) is 0 Å². The molecule has 0 rings (SSSR count). The van der Waals surface area contributed by atoms with E-state index in [0.717, 1.165) is 51.4 Å². The molecule has 0 aromatic rings. The summed E-state index contributed by atoms with van der Waals surface area (Å²) < 4.78 is 26.5. The van der Waals surface area contributed by atoms with Crippen LogP contribution < -0.4 is 5.32 Å². The number of phosphoric ester groups is 1. The van der Waals surface area contributed by atoms with E-state index in [1.807, 2.05) is 0 Å². The summed E-state index contributed by atoms with van der Waals surface area (Å²) >= 11 is 0. The van der Waals surface area contributed by atoms with Crippen molar-refractivity contribution in [3.8, 4) is 0 Å². The Morgan fingerprint density at radius 1 is 0.659 bits per heavy atom. The molecule has 1 amide bonds. The third kappa shape index (κ3) is 30.3. The van der Waals surface area contributed by atoms with Crippen LogP contribution in [0.5, 0.6) is 0 Å². The minimum atomic E-state index is -4.39. The molecule has 0 saturated carbocycles. The van der Waals surface area contributed by atoms with Crippen molar-refractivity contribution < 1.29 is 37.9 Å². The van der Waals surface area contributed by atoms with Gasteiger partial charge in [0.25, 0.3) is 0 Å². The second kappa shape index (κ2) is 29.1. The molecule has 10 heteroatoms. The van der Waals surface area contributed by atoms with Crippen LogP contribution in [0, 0.1) is 0 Å². The molecule has 0 spiro atoms. The van der Waals surface area contributed by atoms with Crippen molar-refractivity contribution in [3.05, 3.63) is 0 Å². The highest BCUT2D eigenvalue weighted by atomic mass is 31.2. The third-order valence-corrected chi connectivity index (χ3v) is 8.02. The van der Waals surface area contributed by atoms with Crippen molar-refractivity contribution in [1.82, 2.24) is 5.32 Å². The van der Waals surface area contributed by atoms with Gasteiger partial charge < -0.3 is 20.1 Å². The molecule has 0 saturated heterocycles. The maximum Gasteiger partial charge on any atom is 0.472 e. The van der Waals surface area contributed by atoms with Gasteiger partial charge in [0.1, 0.15) is 12.7 Å². The van der Waals surface area contributed by atoms with E-state index in [1.165, 1.54) is 77.0 Å². The largest absolute Gasteiger partial charge is 0.472 e. The molecule has 0 fully saturated rings. The first-order chi connectivity index (χ1) is 19.8. The van der Waals surface area contributed by atoms with Crippen LogP contribution in [0.2, 0.25) is 0 Å². The first kappa shape index (κ1) is 40.0. The Balaban J connectivity index is 3.58. The van der Waals surface area contributed by atoms with Gasteiger partial charge in [-0.15, -0.1) is 0 Å². The van der Waals surface area contributed by atoms with Crippen LogP contribution in [0.25, 0.3) is 0 Å². The summed E-state index contributed by atoms with van der Waals surface area (Å²) in [4.78, 5) is 33.4. The maximum absolute atomic E-state index is 12.0. The smallest absolute Gasteiger partial charge is 0.463 e. The molecule has 0 aliphatic rings. The molecule has 3 N–H and O–H groups in total. The Labute approximate surface area is 250 Å². The van der Waals surface area contributed by atoms with Crippen LogP contribution in [-0.2, 0) is 27.9 Å². The minimum absolute atomic E-state index is 0.0872. The number of carbonyl (C=O) groups excluding carboxylic acids is 2. The molecule has 0 aromatic carbocycles. The fourth-order valence-electron chi connectivity index (χ4n) is 4.50. The molecule has 41 heavy (non-hydrogen) atoms. The Morgan fingerprint density at radius 2 is 1.10 bits per heavy atom. The molecular weight excluding hydrogens is 545 g/mol. The highest BCUT2D eigenvalue weighted by Crippen LogP contribution is 2.42. The monoisotopic (exact) mass is 607 g/mol. The normalized spacial score (nSPS) is 13.6. The van der Waals surface area contributed by atoms with Crippen LogP contribution in [0.3, 0.4) is 0 Å². The molecule has 0 aliphatic heterocycles. The van der Waals surface area contributed by atoms with Gasteiger partial charge in [-0.3, -0.25) is 18.6 Å². The van der Waals surface area contributed by atoms with E-state index in [4.69, 9.17) is 13.8 Å². The van der Waals surface area contributed by atoms with Crippen molar-refractivity contribution in [3.63, 3.8) is 0 Å². The van der Waals surface area contributed by atoms with Crippen molar-refractivity contribution in [2.45, 2.75) is 161 Å². The number of phosphoric acid groups is 1. The van der Waals surface area contributed by atoms with E-state index in [0.29, 0.717) is 6.42 Å². The third-order valence-electron chi connectivity index (χ3n) is 7.04. The van der Waals surface area contributed by atoms with Crippen LogP contribution in [0.15, 0.2) is 0 Å². The first-order valence-corrected chi connectivity index (χ1v) is 18.0. The molecule has 244 valence electrons. The number of aliphatic hydroxyl groups is 1. The summed E-state index contributed by atoms with van der Waals surface area (Å²) in [5.41, 5.74) is 0. The lowest BCUT2D eigenvalue weighted by Gasteiger charge is -2.15. The summed E-state index contributed by atoms with van der Waals surface area (Å²) in [5.74, 6) is -0.524. The number of ether oxygens (including phenoxy) is 1. The molecule has 2 atom stereocenters. The molecule has 0 aliphatic carbocycles. The number of carbonyl (C=O) groups is 2. The van der Waals surface area contributed by atoms with E-state index >= 15 is 0 Å². The van der Waals surface area contributed by atoms with Crippen molar-refractivity contribution in [1.29, 1.82) is 0 Å². The average Bonchev–Trinajstić information content (AvgIpc) is 2.95. The van der Waals surface area contributed by atoms with E-state index in [2.05, 4.69) is 19.2 Å². The summed E-state index contributed by atoms with van der Waals surface area (Å²) in [6.07, 6.45) is 23.6. The SMILES string of the molecule is CCCCCCCCCCCCCCCCCC(=O)NCCOP(=O)(O)OCC(O)COC(=O)CCCCCCC. The van der Waals surface area contributed by atoms with E-state index in [1.54, 1.807) is 0 Å². The zero-order valence-electron chi connectivity index (χ0n) is 26.3. The summed E-state index contributed by atoms with van der Waals surface area (Å²) in [7, 11) is -4.39. The Bertz CT molecular complexity index is 664. The Kier molecular flexibility index (Phi) is 28.4. The van der Waals surface area contributed by atoms with Crippen molar-refractivity contribution in [2.24, 2.45) is 0 Å². The quantitative estimate of drug-likeness (QED) is 0.0414. The number of aliphatic hydroxyl groups excluding tert-OH is 1. The van der Waals surface area contributed by atoms with Gasteiger partial charge in [0.05, 0.1) is 13.2 Å². The molecule has 0 heterocycles. The molecule has 0 bridgehead atoms. The predicted octanol–water partition coefficient (Wildman–Crippen LogP) is 7.76. The number of esters is 1. The Morgan fingerprint density at radius 3 is 1.59 bits per heavy atom. The summed E-state index contributed by atoms with van der Waals surface area (Å²) in [6, 6.07) is 0. The average molecular weight is 608 g/mol. The van der Waals surface area contributed by atoms with Crippen molar-refractivity contribution >= 4 is 19.7 Å². The van der Waals surface area contributed by atoms with Crippen molar-refractivity contribution in [2.75, 3.05) is 26.4 Å². The van der Waals surface area contributed by atoms with Gasteiger partial charge in [-0.05, 0) is 12.8 Å². The van der Waals surface area contributed by atoms with E-state index in [-0.39, 0.29) is 32.1 Å². The van der Waals surface area contributed by atoms with Gasteiger partial charge in [-0.1, -0.05) is 129 Å². The topological polar surface area (TPSA) is 131 Å². The molecular formula is C31H62NO8P. The maximum atomic E-state index is 12.0. The van der Waals surface area contributed by atoms with Crippen LogP contribution in [0.1, 0.15) is 155 Å². The van der Waals surface area contributed by atoms with Crippen LogP contribution in [-0.4, -0.2) is 54.3 Å². The molecule has 0 aromatic heterocycles. The number of hydrogen-bond donors (Lipinski definition) is 3. The lowest BCUT2D eigenvalue weighted by molar-refractivity contribution is -0.147. The molecule has 9 nitrogen and oxygen atoms in total. The van der Waals surface area contributed by atoms with Gasteiger partial charge in [0.2, 0.25) is 5.91 Å². The fourth-order valence-corrected chi connectivity index (χ4v) is 5.25. The fraction of sp³-hybridized carbons (Fsp3) is 0.935. The standard InChI is InChI=1S/C31H62NO8P/c1-3-5-7-9-10-11-12-13-14-15-16-17-18-20-21-23-30(34)32-25-26-39-41(36,37)40-28-29(33)27-38-31(35)24-22-19-8-6-4-2/h29,33H,3-28H2,1-2H3,(H,32,34)(H,36,37). The summed E-state index contributed by atoms with van der Waals surface area (Å²) in [6.45, 7) is 3.44. The van der Waals surface area contributed by atoms with Crippen LogP contribution >= 0.6 is 7.82 Å². The second-order valence-corrected chi connectivity index (χ2v) is 12.6. The summed E-state index contributed by atoms with van der Waals surface area (Å²) in [5, 5.41) is 12.5. The van der Waals surface area contributed by atoms with Gasteiger partial charge >= 0.3 is 13.8 Å². The number of rotatable bonds is 31. The second-order valence-electron chi connectivity index (χ2n) is 11.1. The number of amides is 1. The zero-order valence-corrected chi connectivity index (χ0v) is 27.1.